The summed E-state index contributed by atoms with van der Waals surface area (Å²) < 4.78 is 0. The SMILES string of the molecule is N#Cc1cccc(Nc2nc(-c3ccc([N+](=O)[O-])cc3)cs2)c1. The smallest absolute Gasteiger partial charge is 0.269 e. The van der Waals surface area contributed by atoms with E-state index in [9.17, 15) is 10.1 Å². The second-order valence-corrected chi connectivity index (χ2v) is 5.52. The van der Waals surface area contributed by atoms with Crippen LogP contribution in [0.1, 0.15) is 5.56 Å². The summed E-state index contributed by atoms with van der Waals surface area (Å²) in [6.07, 6.45) is 0. The number of benzene rings is 2. The van der Waals surface area contributed by atoms with E-state index in [4.69, 9.17) is 5.26 Å². The van der Waals surface area contributed by atoms with Crippen molar-refractivity contribution >= 4 is 27.8 Å². The molecule has 3 aromatic rings. The van der Waals surface area contributed by atoms with Gasteiger partial charge in [-0.2, -0.15) is 5.26 Å². The molecule has 0 unspecified atom stereocenters. The van der Waals surface area contributed by atoms with Crippen molar-refractivity contribution < 1.29 is 4.92 Å². The van der Waals surface area contributed by atoms with Gasteiger partial charge < -0.3 is 5.32 Å². The first-order valence-corrected chi connectivity index (χ1v) is 7.51. The third kappa shape index (κ3) is 3.33. The topological polar surface area (TPSA) is 91.8 Å². The fraction of sp³-hybridized carbons (Fsp3) is 0. The number of nitrogens with one attached hydrogen (secondary N) is 1. The molecule has 0 aliphatic rings. The molecule has 0 spiro atoms. The summed E-state index contributed by atoms with van der Waals surface area (Å²) in [6, 6.07) is 15.5. The van der Waals surface area contributed by atoms with Gasteiger partial charge >= 0.3 is 0 Å². The van der Waals surface area contributed by atoms with Crippen molar-refractivity contribution in [1.29, 1.82) is 5.26 Å². The molecule has 0 fully saturated rings. The van der Waals surface area contributed by atoms with Crippen molar-refractivity contribution in [2.45, 2.75) is 0 Å². The molecule has 0 atom stereocenters. The van der Waals surface area contributed by atoms with Crippen LogP contribution in [0.2, 0.25) is 0 Å². The van der Waals surface area contributed by atoms with Gasteiger partial charge in [0.25, 0.3) is 5.69 Å². The minimum Gasteiger partial charge on any atom is -0.331 e. The third-order valence-electron chi connectivity index (χ3n) is 3.12. The third-order valence-corrected chi connectivity index (χ3v) is 3.88. The molecule has 0 aliphatic heterocycles. The molecule has 0 bridgehead atoms. The average Bonchev–Trinajstić information content (AvgIpc) is 3.03. The van der Waals surface area contributed by atoms with Gasteiger partial charge in [-0.1, -0.05) is 6.07 Å². The van der Waals surface area contributed by atoms with E-state index in [2.05, 4.69) is 16.4 Å². The van der Waals surface area contributed by atoms with Crippen molar-refractivity contribution in [1.82, 2.24) is 4.98 Å². The average molecular weight is 322 g/mol. The van der Waals surface area contributed by atoms with Gasteiger partial charge in [0, 0.05) is 28.8 Å². The molecule has 0 aliphatic carbocycles. The lowest BCUT2D eigenvalue weighted by Gasteiger charge is -2.02. The Hall–Kier alpha value is -3.24. The molecule has 2 aromatic carbocycles. The summed E-state index contributed by atoms with van der Waals surface area (Å²) in [6.45, 7) is 0. The van der Waals surface area contributed by atoms with Gasteiger partial charge in [0.05, 0.1) is 22.2 Å². The normalized spacial score (nSPS) is 10.0. The molecule has 0 amide bonds. The predicted molar refractivity (Wildman–Crippen MR) is 88.6 cm³/mol. The van der Waals surface area contributed by atoms with E-state index in [1.165, 1.54) is 23.5 Å². The number of nitro groups is 1. The van der Waals surface area contributed by atoms with Crippen molar-refractivity contribution in [3.05, 3.63) is 69.6 Å². The Balaban J connectivity index is 1.80. The predicted octanol–water partition coefficient (Wildman–Crippen LogP) is 4.33. The molecule has 7 heteroatoms. The zero-order valence-corrected chi connectivity index (χ0v) is 12.6. The Bertz CT molecular complexity index is 897. The lowest BCUT2D eigenvalue weighted by molar-refractivity contribution is -0.384. The van der Waals surface area contributed by atoms with Gasteiger partial charge in [-0.3, -0.25) is 10.1 Å². The maximum absolute atomic E-state index is 10.7. The number of hydrogen-bond donors (Lipinski definition) is 1. The molecule has 23 heavy (non-hydrogen) atoms. The number of thiazole rings is 1. The van der Waals surface area contributed by atoms with Crippen molar-refractivity contribution in [2.75, 3.05) is 5.32 Å². The molecule has 0 saturated carbocycles. The van der Waals surface area contributed by atoms with E-state index in [1.54, 1.807) is 30.3 Å². The first-order chi connectivity index (χ1) is 11.2. The zero-order valence-electron chi connectivity index (χ0n) is 11.8. The summed E-state index contributed by atoms with van der Waals surface area (Å²) in [5.41, 5.74) is 2.96. The van der Waals surface area contributed by atoms with Gasteiger partial charge in [-0.15, -0.1) is 11.3 Å². The van der Waals surface area contributed by atoms with Crippen LogP contribution in [0.4, 0.5) is 16.5 Å². The molecule has 1 heterocycles. The summed E-state index contributed by atoms with van der Waals surface area (Å²) in [5, 5.41) is 25.3. The van der Waals surface area contributed by atoms with E-state index in [-0.39, 0.29) is 5.69 Å². The second kappa shape index (κ2) is 6.25. The zero-order chi connectivity index (χ0) is 16.2. The Labute approximate surface area is 135 Å². The maximum atomic E-state index is 10.7. The summed E-state index contributed by atoms with van der Waals surface area (Å²) in [5.74, 6) is 0. The molecule has 3 rings (SSSR count). The van der Waals surface area contributed by atoms with Crippen LogP contribution in [0.3, 0.4) is 0 Å². The maximum Gasteiger partial charge on any atom is 0.269 e. The number of nitriles is 1. The number of non-ortho nitro benzene ring substituents is 1. The first-order valence-electron chi connectivity index (χ1n) is 6.63. The fourth-order valence-corrected chi connectivity index (χ4v) is 2.75. The van der Waals surface area contributed by atoms with E-state index < -0.39 is 4.92 Å². The molecule has 0 saturated heterocycles. The van der Waals surface area contributed by atoms with Crippen LogP contribution in [0.25, 0.3) is 11.3 Å². The Morgan fingerprint density at radius 1 is 1.22 bits per heavy atom. The van der Waals surface area contributed by atoms with Gasteiger partial charge in [0.15, 0.2) is 5.13 Å². The summed E-state index contributed by atoms with van der Waals surface area (Å²) in [4.78, 5) is 14.7. The quantitative estimate of drug-likeness (QED) is 0.570. The monoisotopic (exact) mass is 322 g/mol. The summed E-state index contributed by atoms with van der Waals surface area (Å²) >= 11 is 1.42. The molecule has 6 nitrogen and oxygen atoms in total. The van der Waals surface area contributed by atoms with E-state index in [0.29, 0.717) is 10.7 Å². The highest BCUT2D eigenvalue weighted by Crippen LogP contribution is 2.28. The van der Waals surface area contributed by atoms with Crippen LogP contribution in [0.5, 0.6) is 0 Å². The van der Waals surface area contributed by atoms with Gasteiger partial charge in [0.2, 0.25) is 0 Å². The van der Waals surface area contributed by atoms with Crippen LogP contribution >= 0.6 is 11.3 Å². The number of hydrogen-bond acceptors (Lipinski definition) is 6. The molecular weight excluding hydrogens is 312 g/mol. The highest BCUT2D eigenvalue weighted by molar-refractivity contribution is 7.14. The van der Waals surface area contributed by atoms with Crippen LogP contribution in [0.15, 0.2) is 53.9 Å². The number of nitrogens with zero attached hydrogens (tertiary/aromatic N) is 3. The Kier molecular flexibility index (Phi) is 3.99. The molecular formula is C16H10N4O2S. The van der Waals surface area contributed by atoms with Gasteiger partial charge in [0.1, 0.15) is 0 Å². The van der Waals surface area contributed by atoms with Crippen molar-refractivity contribution in [2.24, 2.45) is 0 Å². The number of nitro benzene ring substituents is 1. The van der Waals surface area contributed by atoms with Gasteiger partial charge in [-0.25, -0.2) is 4.98 Å². The second-order valence-electron chi connectivity index (χ2n) is 4.66. The van der Waals surface area contributed by atoms with Crippen LogP contribution in [0, 0.1) is 21.4 Å². The van der Waals surface area contributed by atoms with Crippen LogP contribution in [-0.2, 0) is 0 Å². The van der Waals surface area contributed by atoms with Crippen LogP contribution in [-0.4, -0.2) is 9.91 Å². The highest BCUT2D eigenvalue weighted by Gasteiger charge is 2.08. The lowest BCUT2D eigenvalue weighted by atomic mass is 10.1. The molecule has 1 N–H and O–H groups in total. The standard InChI is InChI=1S/C16H10N4O2S/c17-9-11-2-1-3-13(8-11)18-16-19-15(10-23-16)12-4-6-14(7-5-12)20(21)22/h1-8,10H,(H,18,19). The van der Waals surface area contributed by atoms with Crippen LogP contribution < -0.4 is 5.32 Å². The summed E-state index contributed by atoms with van der Waals surface area (Å²) in [7, 11) is 0. The molecule has 112 valence electrons. The molecule has 0 radical (unpaired) electrons. The number of aromatic nitrogens is 1. The minimum atomic E-state index is -0.431. The fourth-order valence-electron chi connectivity index (χ4n) is 2.01. The van der Waals surface area contributed by atoms with E-state index >= 15 is 0 Å². The van der Waals surface area contributed by atoms with Crippen molar-refractivity contribution in [3.8, 4) is 17.3 Å². The minimum absolute atomic E-state index is 0.0515. The largest absolute Gasteiger partial charge is 0.331 e. The lowest BCUT2D eigenvalue weighted by Crippen LogP contribution is -1.90. The van der Waals surface area contributed by atoms with Crippen molar-refractivity contribution in [3.63, 3.8) is 0 Å². The molecule has 1 aromatic heterocycles. The van der Waals surface area contributed by atoms with Gasteiger partial charge in [-0.05, 0) is 30.3 Å². The number of anilines is 2. The highest BCUT2D eigenvalue weighted by atomic mass is 32.1. The Morgan fingerprint density at radius 2 is 2.00 bits per heavy atom. The van der Waals surface area contributed by atoms with E-state index in [0.717, 1.165) is 16.9 Å². The number of rotatable bonds is 4. The Morgan fingerprint density at radius 3 is 2.70 bits per heavy atom. The van der Waals surface area contributed by atoms with E-state index in [1.807, 2.05) is 11.4 Å². The first kappa shape index (κ1) is 14.7.